The fourth-order valence-corrected chi connectivity index (χ4v) is 2.68. The van der Waals surface area contributed by atoms with Gasteiger partial charge in [0.1, 0.15) is 11.6 Å². The number of hydrogen-bond acceptors (Lipinski definition) is 1. The van der Waals surface area contributed by atoms with Crippen molar-refractivity contribution in [1.29, 1.82) is 0 Å². The minimum atomic E-state index is -0.349. The lowest BCUT2D eigenvalue weighted by molar-refractivity contribution is 0.629. The highest BCUT2D eigenvalue weighted by Crippen LogP contribution is 2.32. The first-order valence-electron chi connectivity index (χ1n) is 5.79. The van der Waals surface area contributed by atoms with E-state index in [1.165, 1.54) is 12.1 Å². The van der Waals surface area contributed by atoms with Gasteiger partial charge in [-0.15, -0.1) is 11.6 Å². The van der Waals surface area contributed by atoms with Crippen LogP contribution in [0.5, 0.6) is 0 Å². The van der Waals surface area contributed by atoms with Crippen molar-refractivity contribution in [1.82, 2.24) is 9.55 Å². The Labute approximate surface area is 129 Å². The van der Waals surface area contributed by atoms with Crippen LogP contribution < -0.4 is 0 Å². The first kappa shape index (κ1) is 13.7. The van der Waals surface area contributed by atoms with E-state index in [-0.39, 0.29) is 11.7 Å². The summed E-state index contributed by atoms with van der Waals surface area (Å²) in [6, 6.07) is 9.61. The van der Waals surface area contributed by atoms with E-state index in [2.05, 4.69) is 4.98 Å². The SMILES string of the molecule is Fc1ccc2nc(CCl)n(-c3cccc(Cl)c3Cl)c2c1. The Morgan fingerprint density at radius 3 is 2.70 bits per heavy atom. The van der Waals surface area contributed by atoms with Crippen molar-refractivity contribution >= 4 is 45.8 Å². The van der Waals surface area contributed by atoms with Crippen molar-refractivity contribution in [3.05, 3.63) is 58.1 Å². The quantitative estimate of drug-likeness (QED) is 0.590. The molecule has 20 heavy (non-hydrogen) atoms. The molecule has 0 spiro atoms. The van der Waals surface area contributed by atoms with Gasteiger partial charge in [-0.05, 0) is 24.3 Å². The van der Waals surface area contributed by atoms with Crippen LogP contribution in [0.15, 0.2) is 36.4 Å². The van der Waals surface area contributed by atoms with Crippen molar-refractivity contribution < 1.29 is 4.39 Å². The maximum absolute atomic E-state index is 13.5. The summed E-state index contributed by atoms with van der Waals surface area (Å²) in [4.78, 5) is 4.38. The van der Waals surface area contributed by atoms with E-state index in [0.717, 1.165) is 0 Å². The predicted octanol–water partition coefficient (Wildman–Crippen LogP) is 5.21. The van der Waals surface area contributed by atoms with Crippen LogP contribution in [0.25, 0.3) is 16.7 Å². The number of nitrogens with zero attached hydrogens (tertiary/aromatic N) is 2. The van der Waals surface area contributed by atoms with E-state index in [9.17, 15) is 4.39 Å². The third-order valence-electron chi connectivity index (χ3n) is 2.98. The zero-order valence-corrected chi connectivity index (χ0v) is 12.3. The van der Waals surface area contributed by atoms with Gasteiger partial charge in [-0.2, -0.15) is 0 Å². The van der Waals surface area contributed by atoms with E-state index in [1.807, 2.05) is 0 Å². The molecular weight excluding hydrogens is 322 g/mol. The van der Waals surface area contributed by atoms with Gasteiger partial charge >= 0.3 is 0 Å². The summed E-state index contributed by atoms with van der Waals surface area (Å²) >= 11 is 18.2. The summed E-state index contributed by atoms with van der Waals surface area (Å²) in [5.41, 5.74) is 1.88. The fourth-order valence-electron chi connectivity index (χ4n) is 2.12. The Hall–Kier alpha value is -1.29. The highest BCUT2D eigenvalue weighted by atomic mass is 35.5. The Morgan fingerprint density at radius 2 is 1.95 bits per heavy atom. The van der Waals surface area contributed by atoms with E-state index in [4.69, 9.17) is 34.8 Å². The lowest BCUT2D eigenvalue weighted by Crippen LogP contribution is -2.00. The average molecular weight is 330 g/mol. The molecule has 0 amide bonds. The Balaban J connectivity index is 2.39. The second-order valence-electron chi connectivity index (χ2n) is 4.20. The molecule has 2 nitrogen and oxygen atoms in total. The Bertz CT molecular complexity index is 798. The summed E-state index contributed by atoms with van der Waals surface area (Å²) in [6.45, 7) is 0. The van der Waals surface area contributed by atoms with Crippen LogP contribution >= 0.6 is 34.8 Å². The highest BCUT2D eigenvalue weighted by molar-refractivity contribution is 6.43. The molecular formula is C14H8Cl3FN2. The van der Waals surface area contributed by atoms with E-state index in [1.54, 1.807) is 28.8 Å². The molecule has 0 N–H and O–H groups in total. The van der Waals surface area contributed by atoms with Crippen LogP contribution in [0.4, 0.5) is 4.39 Å². The molecule has 0 bridgehead atoms. The number of aromatic nitrogens is 2. The molecule has 0 atom stereocenters. The van der Waals surface area contributed by atoms with Gasteiger partial charge < -0.3 is 0 Å². The van der Waals surface area contributed by atoms with Gasteiger partial charge in [0.25, 0.3) is 0 Å². The predicted molar refractivity (Wildman–Crippen MR) is 80.6 cm³/mol. The van der Waals surface area contributed by atoms with Gasteiger partial charge in [0.2, 0.25) is 0 Å². The topological polar surface area (TPSA) is 17.8 Å². The molecule has 3 rings (SSSR count). The monoisotopic (exact) mass is 328 g/mol. The minimum absolute atomic E-state index is 0.180. The number of imidazole rings is 1. The smallest absolute Gasteiger partial charge is 0.129 e. The molecule has 6 heteroatoms. The second-order valence-corrected chi connectivity index (χ2v) is 5.26. The first-order chi connectivity index (χ1) is 9.61. The molecule has 3 aromatic rings. The van der Waals surface area contributed by atoms with Crippen molar-refractivity contribution in [3.8, 4) is 5.69 Å². The van der Waals surface area contributed by atoms with Crippen LogP contribution in [-0.2, 0) is 5.88 Å². The molecule has 1 heterocycles. The number of alkyl halides is 1. The van der Waals surface area contributed by atoms with Crippen molar-refractivity contribution in [2.75, 3.05) is 0 Å². The van der Waals surface area contributed by atoms with Crippen LogP contribution in [0.3, 0.4) is 0 Å². The molecule has 0 radical (unpaired) electrons. The van der Waals surface area contributed by atoms with Crippen molar-refractivity contribution in [2.24, 2.45) is 0 Å². The highest BCUT2D eigenvalue weighted by Gasteiger charge is 2.15. The molecule has 0 aliphatic rings. The first-order valence-corrected chi connectivity index (χ1v) is 7.08. The number of hydrogen-bond donors (Lipinski definition) is 0. The van der Waals surface area contributed by atoms with Gasteiger partial charge in [-0.3, -0.25) is 4.57 Å². The van der Waals surface area contributed by atoms with Crippen molar-refractivity contribution in [3.63, 3.8) is 0 Å². The van der Waals surface area contributed by atoms with Crippen LogP contribution in [0.1, 0.15) is 5.82 Å². The Morgan fingerprint density at radius 1 is 1.15 bits per heavy atom. The third kappa shape index (κ3) is 2.16. The normalized spacial score (nSPS) is 11.2. The second kappa shape index (κ2) is 5.24. The number of benzene rings is 2. The number of halogens is 4. The molecule has 0 fully saturated rings. The summed E-state index contributed by atoms with van der Waals surface area (Å²) in [5.74, 6) is 0.411. The van der Waals surface area contributed by atoms with Gasteiger partial charge in [0.15, 0.2) is 0 Å². The van der Waals surface area contributed by atoms with E-state index < -0.39 is 0 Å². The zero-order chi connectivity index (χ0) is 14.3. The summed E-state index contributed by atoms with van der Waals surface area (Å²) in [7, 11) is 0. The Kier molecular flexibility index (Phi) is 3.59. The van der Waals surface area contributed by atoms with Gasteiger partial charge in [0.05, 0.1) is 32.6 Å². The molecule has 1 aromatic heterocycles. The third-order valence-corrected chi connectivity index (χ3v) is 4.03. The molecule has 0 unspecified atom stereocenters. The van der Waals surface area contributed by atoms with Crippen LogP contribution in [0.2, 0.25) is 10.0 Å². The maximum atomic E-state index is 13.5. The minimum Gasteiger partial charge on any atom is -0.294 e. The zero-order valence-electron chi connectivity index (χ0n) is 10.1. The molecule has 0 aliphatic carbocycles. The molecule has 0 saturated heterocycles. The van der Waals surface area contributed by atoms with Crippen LogP contribution in [-0.4, -0.2) is 9.55 Å². The lowest BCUT2D eigenvalue weighted by Gasteiger charge is -2.10. The molecule has 102 valence electrons. The van der Waals surface area contributed by atoms with E-state index >= 15 is 0 Å². The largest absolute Gasteiger partial charge is 0.294 e. The standard InChI is InChI=1S/C14H8Cl3FN2/c15-7-13-19-10-5-4-8(18)6-12(10)20(13)11-3-1-2-9(16)14(11)17/h1-6H,7H2. The average Bonchev–Trinajstić information content (AvgIpc) is 2.79. The number of fused-ring (bicyclic) bond motifs is 1. The summed E-state index contributed by atoms with van der Waals surface area (Å²) < 4.78 is 15.2. The molecule has 0 aliphatic heterocycles. The number of rotatable bonds is 2. The van der Waals surface area contributed by atoms with Crippen molar-refractivity contribution in [2.45, 2.75) is 5.88 Å². The van der Waals surface area contributed by atoms with Crippen LogP contribution in [0, 0.1) is 5.82 Å². The molecule has 2 aromatic carbocycles. The van der Waals surface area contributed by atoms with E-state index in [0.29, 0.717) is 32.6 Å². The molecule has 0 saturated carbocycles. The van der Waals surface area contributed by atoms with Gasteiger partial charge in [0, 0.05) is 6.07 Å². The fraction of sp³-hybridized carbons (Fsp3) is 0.0714. The van der Waals surface area contributed by atoms with Gasteiger partial charge in [-0.25, -0.2) is 9.37 Å². The summed E-state index contributed by atoms with van der Waals surface area (Å²) in [6.07, 6.45) is 0. The lowest BCUT2D eigenvalue weighted by atomic mass is 10.2. The summed E-state index contributed by atoms with van der Waals surface area (Å²) in [5, 5.41) is 0.798. The maximum Gasteiger partial charge on any atom is 0.129 e. The van der Waals surface area contributed by atoms with Gasteiger partial charge in [-0.1, -0.05) is 29.3 Å².